The van der Waals surface area contributed by atoms with Gasteiger partial charge in [0.05, 0.1) is 17.8 Å². The third kappa shape index (κ3) is 4.06. The van der Waals surface area contributed by atoms with Gasteiger partial charge in [-0.2, -0.15) is 5.10 Å². The van der Waals surface area contributed by atoms with Gasteiger partial charge in [0.15, 0.2) is 0 Å². The van der Waals surface area contributed by atoms with Crippen LogP contribution in [-0.4, -0.2) is 35.3 Å². The molecule has 1 amide bonds. The van der Waals surface area contributed by atoms with Crippen molar-refractivity contribution >= 4 is 5.91 Å². The quantitative estimate of drug-likeness (QED) is 0.842. The molecule has 0 aromatic carbocycles. The third-order valence-electron chi connectivity index (χ3n) is 4.55. The Morgan fingerprint density at radius 2 is 2.29 bits per heavy atom. The lowest BCUT2D eigenvalue weighted by Gasteiger charge is -2.28. The zero-order valence-electron chi connectivity index (χ0n) is 13.4. The number of amides is 1. The number of piperidine rings is 1. The maximum atomic E-state index is 11.7. The molecule has 2 unspecified atom stereocenters. The van der Waals surface area contributed by atoms with Gasteiger partial charge in [0, 0.05) is 13.2 Å². The van der Waals surface area contributed by atoms with Gasteiger partial charge >= 0.3 is 0 Å². The number of aromatic nitrogens is 2. The summed E-state index contributed by atoms with van der Waals surface area (Å²) < 4.78 is 2.10. The van der Waals surface area contributed by atoms with Crippen molar-refractivity contribution < 1.29 is 4.79 Å². The second kappa shape index (κ2) is 7.59. The lowest BCUT2D eigenvalue weighted by Crippen LogP contribution is -2.48. The van der Waals surface area contributed by atoms with Crippen LogP contribution in [0.2, 0.25) is 0 Å². The van der Waals surface area contributed by atoms with Gasteiger partial charge in [0.25, 0.3) is 0 Å². The summed E-state index contributed by atoms with van der Waals surface area (Å²) in [5, 5.41) is 10.8. The number of hydrogen-bond donors (Lipinski definition) is 2. The molecule has 5 nitrogen and oxygen atoms in total. The zero-order chi connectivity index (χ0) is 15.2. The number of hydrogen-bond acceptors (Lipinski definition) is 3. The van der Waals surface area contributed by atoms with Crippen LogP contribution in [0.3, 0.4) is 0 Å². The monoisotopic (exact) mass is 292 g/mol. The maximum absolute atomic E-state index is 11.7. The number of likely N-dealkylation sites (N-methyl/N-ethyl adjacent to an activating group) is 1. The van der Waals surface area contributed by atoms with E-state index in [1.807, 2.05) is 0 Å². The molecule has 1 aliphatic rings. The van der Waals surface area contributed by atoms with Crippen molar-refractivity contribution in [2.75, 3.05) is 13.6 Å². The van der Waals surface area contributed by atoms with Crippen LogP contribution >= 0.6 is 0 Å². The number of carbonyl (C=O) groups excluding carboxylic acids is 1. The number of rotatable bonds is 6. The molecule has 0 radical (unpaired) electrons. The van der Waals surface area contributed by atoms with Crippen molar-refractivity contribution in [2.24, 2.45) is 5.92 Å². The number of nitrogens with zero attached hydrogens (tertiary/aromatic N) is 2. The SMILES string of the molecule is CCC(CC)n1ccc(CC2CCNC(C(=O)NC)C2)n1. The van der Waals surface area contributed by atoms with Gasteiger partial charge in [0.2, 0.25) is 5.91 Å². The van der Waals surface area contributed by atoms with Crippen LogP contribution in [0.4, 0.5) is 0 Å². The summed E-state index contributed by atoms with van der Waals surface area (Å²) in [6.07, 6.45) is 7.32. The van der Waals surface area contributed by atoms with E-state index < -0.39 is 0 Å². The Balaban J connectivity index is 1.93. The minimum atomic E-state index is -0.0464. The second-order valence-corrected chi connectivity index (χ2v) is 5.97. The molecule has 0 aliphatic carbocycles. The molecule has 1 aromatic rings. The molecule has 2 N–H and O–H groups in total. The van der Waals surface area contributed by atoms with Crippen molar-refractivity contribution in [3.05, 3.63) is 18.0 Å². The number of carbonyl (C=O) groups is 1. The van der Waals surface area contributed by atoms with Crippen molar-refractivity contribution in [1.29, 1.82) is 0 Å². The largest absolute Gasteiger partial charge is 0.358 e. The Morgan fingerprint density at radius 1 is 1.52 bits per heavy atom. The predicted molar refractivity (Wildman–Crippen MR) is 84.1 cm³/mol. The van der Waals surface area contributed by atoms with E-state index in [0.29, 0.717) is 12.0 Å². The summed E-state index contributed by atoms with van der Waals surface area (Å²) in [5.74, 6) is 0.640. The van der Waals surface area contributed by atoms with E-state index in [-0.39, 0.29) is 11.9 Å². The Hall–Kier alpha value is -1.36. The Bertz CT molecular complexity index is 453. The topological polar surface area (TPSA) is 59.0 Å². The first-order valence-electron chi connectivity index (χ1n) is 8.16. The van der Waals surface area contributed by atoms with Crippen LogP contribution in [0.5, 0.6) is 0 Å². The van der Waals surface area contributed by atoms with Crippen LogP contribution in [0.1, 0.15) is 51.3 Å². The molecule has 21 heavy (non-hydrogen) atoms. The molecule has 2 atom stereocenters. The average molecular weight is 292 g/mol. The van der Waals surface area contributed by atoms with E-state index in [2.05, 4.69) is 41.4 Å². The highest BCUT2D eigenvalue weighted by molar-refractivity contribution is 5.81. The predicted octanol–water partition coefficient (Wildman–Crippen LogP) is 1.90. The van der Waals surface area contributed by atoms with Crippen molar-refractivity contribution in [2.45, 2.75) is 58.0 Å². The molecule has 118 valence electrons. The summed E-state index contributed by atoms with van der Waals surface area (Å²) in [6.45, 7) is 5.32. The van der Waals surface area contributed by atoms with Gasteiger partial charge < -0.3 is 10.6 Å². The van der Waals surface area contributed by atoms with Crippen LogP contribution in [0.15, 0.2) is 12.3 Å². The highest BCUT2D eigenvalue weighted by Crippen LogP contribution is 2.22. The van der Waals surface area contributed by atoms with Crippen LogP contribution < -0.4 is 10.6 Å². The molecule has 2 rings (SSSR count). The Kier molecular flexibility index (Phi) is 5.79. The summed E-state index contributed by atoms with van der Waals surface area (Å²) >= 11 is 0. The lowest BCUT2D eigenvalue weighted by molar-refractivity contribution is -0.123. The molecular formula is C16H28N4O. The minimum Gasteiger partial charge on any atom is -0.358 e. The molecule has 5 heteroatoms. The second-order valence-electron chi connectivity index (χ2n) is 5.97. The molecule has 0 saturated carbocycles. The fourth-order valence-electron chi connectivity index (χ4n) is 3.20. The Labute approximate surface area is 127 Å². The van der Waals surface area contributed by atoms with E-state index in [4.69, 9.17) is 5.10 Å². The first kappa shape index (κ1) is 16.0. The van der Waals surface area contributed by atoms with Crippen LogP contribution in [-0.2, 0) is 11.2 Å². The van der Waals surface area contributed by atoms with Crippen molar-refractivity contribution in [1.82, 2.24) is 20.4 Å². The normalized spacial score (nSPS) is 22.5. The first-order chi connectivity index (χ1) is 10.2. The minimum absolute atomic E-state index is 0.0464. The summed E-state index contributed by atoms with van der Waals surface area (Å²) in [6, 6.07) is 2.59. The van der Waals surface area contributed by atoms with E-state index in [0.717, 1.165) is 44.3 Å². The van der Waals surface area contributed by atoms with Gasteiger partial charge in [-0.15, -0.1) is 0 Å². The molecule has 1 saturated heterocycles. The van der Waals surface area contributed by atoms with Crippen LogP contribution in [0.25, 0.3) is 0 Å². The smallest absolute Gasteiger partial charge is 0.236 e. The Morgan fingerprint density at radius 3 is 2.95 bits per heavy atom. The summed E-state index contributed by atoms with van der Waals surface area (Å²) in [5.41, 5.74) is 1.16. The molecule has 1 fully saturated rings. The average Bonchev–Trinajstić information content (AvgIpc) is 2.96. The zero-order valence-corrected chi connectivity index (χ0v) is 13.4. The summed E-state index contributed by atoms with van der Waals surface area (Å²) in [4.78, 5) is 11.7. The summed E-state index contributed by atoms with van der Waals surface area (Å²) in [7, 11) is 1.70. The highest BCUT2D eigenvalue weighted by atomic mass is 16.2. The van der Waals surface area contributed by atoms with Gasteiger partial charge in [-0.05, 0) is 50.6 Å². The van der Waals surface area contributed by atoms with Gasteiger partial charge in [-0.3, -0.25) is 9.48 Å². The van der Waals surface area contributed by atoms with Crippen LogP contribution in [0, 0.1) is 5.92 Å². The fourth-order valence-corrected chi connectivity index (χ4v) is 3.20. The number of nitrogens with one attached hydrogen (secondary N) is 2. The fraction of sp³-hybridized carbons (Fsp3) is 0.750. The molecule has 0 spiro atoms. The standard InChI is InChI=1S/C16H28N4O/c1-4-14(5-2)20-9-7-13(19-20)10-12-6-8-18-15(11-12)16(21)17-3/h7,9,12,14-15,18H,4-6,8,10-11H2,1-3H3,(H,17,21). The molecule has 0 bridgehead atoms. The van der Waals surface area contributed by atoms with Gasteiger partial charge in [-0.1, -0.05) is 13.8 Å². The maximum Gasteiger partial charge on any atom is 0.236 e. The molecule has 1 aromatic heterocycles. The van der Waals surface area contributed by atoms with Gasteiger partial charge in [-0.25, -0.2) is 0 Å². The van der Waals surface area contributed by atoms with E-state index in [9.17, 15) is 4.79 Å². The highest BCUT2D eigenvalue weighted by Gasteiger charge is 2.26. The lowest BCUT2D eigenvalue weighted by atomic mass is 9.88. The third-order valence-corrected chi connectivity index (χ3v) is 4.55. The molecule has 2 heterocycles. The molecular weight excluding hydrogens is 264 g/mol. The van der Waals surface area contributed by atoms with Gasteiger partial charge in [0.1, 0.15) is 0 Å². The molecule has 1 aliphatic heterocycles. The first-order valence-corrected chi connectivity index (χ1v) is 8.16. The van der Waals surface area contributed by atoms with E-state index in [1.54, 1.807) is 7.05 Å². The van der Waals surface area contributed by atoms with E-state index >= 15 is 0 Å². The van der Waals surface area contributed by atoms with Crippen molar-refractivity contribution in [3.8, 4) is 0 Å². The van der Waals surface area contributed by atoms with E-state index in [1.165, 1.54) is 0 Å². The van der Waals surface area contributed by atoms with Crippen molar-refractivity contribution in [3.63, 3.8) is 0 Å².